The van der Waals surface area contributed by atoms with Crippen LogP contribution in [0.5, 0.6) is 0 Å². The van der Waals surface area contributed by atoms with Gasteiger partial charge in [0.2, 0.25) is 0 Å². The van der Waals surface area contributed by atoms with Crippen molar-refractivity contribution in [2.24, 2.45) is 5.92 Å². The lowest BCUT2D eigenvalue weighted by molar-refractivity contribution is -0.00801. The minimum absolute atomic E-state index is 0.000254. The number of piperidine rings is 1. The van der Waals surface area contributed by atoms with E-state index < -0.39 is 0 Å². The van der Waals surface area contributed by atoms with Crippen LogP contribution in [0.4, 0.5) is 0 Å². The van der Waals surface area contributed by atoms with Crippen molar-refractivity contribution in [1.82, 2.24) is 29.9 Å². The highest BCUT2D eigenvalue weighted by Gasteiger charge is 2.40. The lowest BCUT2D eigenvalue weighted by atomic mass is 9.80. The highest BCUT2D eigenvalue weighted by molar-refractivity contribution is 6.07. The van der Waals surface area contributed by atoms with Crippen LogP contribution in [0.1, 0.15) is 41.3 Å². The van der Waals surface area contributed by atoms with Crippen molar-refractivity contribution in [3.05, 3.63) is 60.3 Å². The van der Waals surface area contributed by atoms with E-state index in [0.717, 1.165) is 40.8 Å². The number of ether oxygens (including phenoxy) is 2. The molecule has 0 amide bonds. The molecule has 194 valence electrons. The maximum atomic E-state index is 13.6. The zero-order valence-electron chi connectivity index (χ0n) is 21.2. The molecule has 10 nitrogen and oxygen atoms in total. The monoisotopic (exact) mass is 512 g/mol. The number of hydrogen-bond donors (Lipinski definition) is 2. The van der Waals surface area contributed by atoms with Crippen LogP contribution in [0.15, 0.2) is 54.8 Å². The molecule has 4 atom stereocenters. The van der Waals surface area contributed by atoms with E-state index in [-0.39, 0.29) is 36.0 Å². The van der Waals surface area contributed by atoms with E-state index in [4.69, 9.17) is 9.47 Å². The Hall–Kier alpha value is -4.02. The second kappa shape index (κ2) is 8.78. The van der Waals surface area contributed by atoms with Gasteiger partial charge in [-0.05, 0) is 44.0 Å². The van der Waals surface area contributed by atoms with Gasteiger partial charge in [-0.1, -0.05) is 0 Å². The van der Waals surface area contributed by atoms with Crippen LogP contribution in [0.3, 0.4) is 0 Å². The summed E-state index contributed by atoms with van der Waals surface area (Å²) >= 11 is 0. The standard InChI is InChI=1S/C28H28N6O4/c1-3-38-26-10-25(29-23-9-16(37-2)5-6-17(23)26)28(36)34-13-20-18-11-33(12-19(18)21(20)14-34)27(35)15-4-7-22-24(8-15)31-32-30-22/h4,7-9,11-14,16-17,25-26,29H,3,5-6,10H2,1-2H3,(H,30,31,32). The molecule has 1 aliphatic heterocycles. The number of nitrogens with one attached hydrogen (secondary N) is 2. The normalized spacial score (nSPS) is 23.6. The van der Waals surface area contributed by atoms with Crippen LogP contribution < -0.4 is 5.32 Å². The van der Waals surface area contributed by atoms with Gasteiger partial charge in [-0.15, -0.1) is 0 Å². The summed E-state index contributed by atoms with van der Waals surface area (Å²) in [5, 5.41) is 14.2. The molecule has 10 heteroatoms. The van der Waals surface area contributed by atoms with Gasteiger partial charge >= 0.3 is 0 Å². The number of carbonyl (C=O) groups is 2. The number of methoxy groups -OCH3 is 1. The molecule has 1 aromatic carbocycles. The summed E-state index contributed by atoms with van der Waals surface area (Å²) in [6.45, 7) is 2.61. The maximum Gasteiger partial charge on any atom is 0.261 e. The predicted molar refractivity (Wildman–Crippen MR) is 140 cm³/mol. The van der Waals surface area contributed by atoms with E-state index in [0.29, 0.717) is 29.6 Å². The fourth-order valence-electron chi connectivity index (χ4n) is 6.10. The molecular weight excluding hydrogens is 484 g/mol. The second-order valence-electron chi connectivity index (χ2n) is 10.2. The summed E-state index contributed by atoms with van der Waals surface area (Å²) in [7, 11) is 1.72. The molecule has 1 saturated heterocycles. The first-order valence-electron chi connectivity index (χ1n) is 13.0. The Morgan fingerprint density at radius 1 is 1.00 bits per heavy atom. The van der Waals surface area contributed by atoms with Crippen molar-refractivity contribution in [1.29, 1.82) is 0 Å². The number of carbonyl (C=O) groups excluding carboxylic acids is 2. The Balaban J connectivity index is 1.11. The fourth-order valence-corrected chi connectivity index (χ4v) is 6.10. The first-order chi connectivity index (χ1) is 18.5. The molecule has 3 aliphatic rings. The molecule has 1 fully saturated rings. The molecule has 0 saturated carbocycles. The topological polar surface area (TPSA) is 116 Å². The number of H-pyrrole nitrogens is 1. The summed E-state index contributed by atoms with van der Waals surface area (Å²) < 4.78 is 14.9. The number of aromatic nitrogens is 5. The highest BCUT2D eigenvalue weighted by atomic mass is 16.5. The maximum absolute atomic E-state index is 13.6. The van der Waals surface area contributed by atoms with E-state index in [1.807, 2.05) is 31.7 Å². The number of aromatic amines is 1. The molecule has 2 aliphatic carbocycles. The number of hydrogen-bond acceptors (Lipinski definition) is 7. The third-order valence-electron chi connectivity index (χ3n) is 8.05. The number of nitrogens with zero attached hydrogens (tertiary/aromatic N) is 4. The number of rotatable bonds is 5. The van der Waals surface area contributed by atoms with Gasteiger partial charge in [0.15, 0.2) is 0 Å². The molecule has 0 bridgehead atoms. The zero-order valence-corrected chi connectivity index (χ0v) is 21.2. The van der Waals surface area contributed by atoms with Gasteiger partial charge in [0.1, 0.15) is 17.1 Å². The van der Waals surface area contributed by atoms with Gasteiger partial charge in [-0.25, -0.2) is 0 Å². The van der Waals surface area contributed by atoms with Crippen LogP contribution in [0.25, 0.3) is 33.3 Å². The van der Waals surface area contributed by atoms with Crippen LogP contribution in [-0.4, -0.2) is 68.3 Å². The summed E-state index contributed by atoms with van der Waals surface area (Å²) in [6, 6.07) is 4.86. The molecule has 0 radical (unpaired) electrons. The molecule has 2 N–H and O–H groups in total. The van der Waals surface area contributed by atoms with E-state index in [1.54, 1.807) is 34.4 Å². The summed E-state index contributed by atoms with van der Waals surface area (Å²) in [5.74, 6) is 0.103. The van der Waals surface area contributed by atoms with Crippen LogP contribution in [0.2, 0.25) is 0 Å². The van der Waals surface area contributed by atoms with Gasteiger partial charge in [0.25, 0.3) is 11.8 Å². The first kappa shape index (κ1) is 23.1. The quantitative estimate of drug-likeness (QED) is 0.370. The van der Waals surface area contributed by atoms with Gasteiger partial charge < -0.3 is 14.8 Å². The Morgan fingerprint density at radius 2 is 1.71 bits per heavy atom. The van der Waals surface area contributed by atoms with Crippen LogP contribution >= 0.6 is 0 Å². The predicted octanol–water partition coefficient (Wildman–Crippen LogP) is 3.61. The average Bonchev–Trinajstić information content (AvgIpc) is 3.66. The van der Waals surface area contributed by atoms with Gasteiger partial charge in [0.05, 0.1) is 12.2 Å². The summed E-state index contributed by atoms with van der Waals surface area (Å²) in [4.78, 5) is 26.7. The number of fused-ring (bicyclic) bond motifs is 6. The molecule has 38 heavy (non-hydrogen) atoms. The van der Waals surface area contributed by atoms with Crippen molar-refractivity contribution < 1.29 is 19.1 Å². The van der Waals surface area contributed by atoms with Gasteiger partial charge in [-0.3, -0.25) is 18.7 Å². The van der Waals surface area contributed by atoms with Crippen molar-refractivity contribution in [3.8, 4) is 22.3 Å². The van der Waals surface area contributed by atoms with Crippen molar-refractivity contribution in [3.63, 3.8) is 0 Å². The van der Waals surface area contributed by atoms with Crippen LogP contribution in [0, 0.1) is 5.92 Å². The Morgan fingerprint density at radius 3 is 2.42 bits per heavy atom. The van der Waals surface area contributed by atoms with Crippen molar-refractivity contribution in [2.45, 2.75) is 44.4 Å². The average molecular weight is 513 g/mol. The van der Waals surface area contributed by atoms with E-state index in [2.05, 4.69) is 26.8 Å². The molecule has 4 aromatic rings. The smallest absolute Gasteiger partial charge is 0.261 e. The third-order valence-corrected chi connectivity index (χ3v) is 8.05. The van der Waals surface area contributed by atoms with Crippen LogP contribution in [-0.2, 0) is 9.47 Å². The first-order valence-corrected chi connectivity index (χ1v) is 13.0. The van der Waals surface area contributed by atoms with Gasteiger partial charge in [-0.2, -0.15) is 15.4 Å². The minimum atomic E-state index is -0.386. The zero-order chi connectivity index (χ0) is 26.0. The molecule has 4 unspecified atom stereocenters. The fraction of sp³-hybridized carbons (Fsp3) is 0.357. The Bertz CT molecular complexity index is 1570. The Labute approximate surface area is 218 Å². The Kier molecular flexibility index (Phi) is 5.34. The molecular formula is C28H28N6O4. The summed E-state index contributed by atoms with van der Waals surface area (Å²) in [6.07, 6.45) is 12.1. The van der Waals surface area contributed by atoms with Crippen molar-refractivity contribution >= 4 is 22.8 Å². The van der Waals surface area contributed by atoms with E-state index in [9.17, 15) is 9.59 Å². The lowest BCUT2D eigenvalue weighted by Gasteiger charge is -2.41. The molecule has 4 heterocycles. The largest absolute Gasteiger partial charge is 0.378 e. The third kappa shape index (κ3) is 3.55. The minimum Gasteiger partial charge on any atom is -0.378 e. The number of benzene rings is 1. The molecule has 3 aromatic heterocycles. The van der Waals surface area contributed by atoms with Gasteiger partial charge in [0, 0.05) is 84.4 Å². The SMILES string of the molecule is CCOC1CC(C(=O)n2cc3c(c2)-c2cn(C(=O)c4ccc5n[nH]nc5c4)cc2-3)NC2=CC(OC)CCC21. The summed E-state index contributed by atoms with van der Waals surface area (Å²) in [5.41, 5.74) is 6.80. The second-order valence-corrected chi connectivity index (χ2v) is 10.2. The lowest BCUT2D eigenvalue weighted by Crippen LogP contribution is -2.52. The van der Waals surface area contributed by atoms with E-state index in [1.165, 1.54) is 0 Å². The van der Waals surface area contributed by atoms with Crippen molar-refractivity contribution in [2.75, 3.05) is 13.7 Å². The highest BCUT2D eigenvalue weighted by Crippen LogP contribution is 2.48. The van der Waals surface area contributed by atoms with E-state index >= 15 is 0 Å². The molecule has 0 spiro atoms. The molecule has 7 rings (SSSR count).